The Balaban J connectivity index is 1.61. The van der Waals surface area contributed by atoms with Crippen LogP contribution in [0.15, 0.2) is 66.7 Å². The third-order valence-corrected chi connectivity index (χ3v) is 3.39. The molecular weight excluding hydrogens is 330 g/mol. The lowest BCUT2D eigenvalue weighted by Crippen LogP contribution is -2.20. The van der Waals surface area contributed by atoms with Gasteiger partial charge in [0.15, 0.2) is 11.6 Å². The van der Waals surface area contributed by atoms with Crippen molar-refractivity contribution in [1.29, 1.82) is 0 Å². The number of rotatable bonds is 6. The average Bonchev–Trinajstić information content (AvgIpc) is 2.66. The smallest absolute Gasteiger partial charge is 0.324 e. The molecule has 2 aromatic carbocycles. The quantitative estimate of drug-likeness (QED) is 0.619. The van der Waals surface area contributed by atoms with Crippen LogP contribution in [0, 0.1) is 0 Å². The standard InChI is InChI=1S/C19H19N5O2/c1-2-26-16-11-7-6-10-15(16)21-17-12-13-18(24-23-17)22-19(25)20-14-8-4-3-5-9-14/h3-13H,2H2,1H3,(H,21,23)(H2,20,22,24,25). The molecule has 0 radical (unpaired) electrons. The van der Waals surface area contributed by atoms with E-state index in [-0.39, 0.29) is 6.03 Å². The van der Waals surface area contributed by atoms with Crippen LogP contribution >= 0.6 is 0 Å². The van der Waals surface area contributed by atoms with Gasteiger partial charge in [-0.1, -0.05) is 30.3 Å². The van der Waals surface area contributed by atoms with Crippen molar-refractivity contribution in [3.8, 4) is 5.75 Å². The maximum Gasteiger partial charge on any atom is 0.324 e. The molecule has 3 rings (SSSR count). The van der Waals surface area contributed by atoms with Gasteiger partial charge in [-0.2, -0.15) is 0 Å². The highest BCUT2D eigenvalue weighted by atomic mass is 16.5. The minimum atomic E-state index is -0.382. The second-order valence-electron chi connectivity index (χ2n) is 5.30. The summed E-state index contributed by atoms with van der Waals surface area (Å²) in [7, 11) is 0. The van der Waals surface area contributed by atoms with Gasteiger partial charge >= 0.3 is 6.03 Å². The molecule has 1 aromatic heterocycles. The number of hydrogen-bond acceptors (Lipinski definition) is 5. The molecule has 0 saturated carbocycles. The fourth-order valence-corrected chi connectivity index (χ4v) is 2.26. The van der Waals surface area contributed by atoms with Crippen molar-refractivity contribution in [2.24, 2.45) is 0 Å². The summed E-state index contributed by atoms with van der Waals surface area (Å²) in [6.45, 7) is 2.50. The van der Waals surface area contributed by atoms with E-state index < -0.39 is 0 Å². The Morgan fingerprint density at radius 1 is 0.885 bits per heavy atom. The number of hydrogen-bond donors (Lipinski definition) is 3. The van der Waals surface area contributed by atoms with Crippen LogP contribution in [-0.4, -0.2) is 22.8 Å². The lowest BCUT2D eigenvalue weighted by Gasteiger charge is -2.11. The summed E-state index contributed by atoms with van der Waals surface area (Å²) in [5.74, 6) is 1.63. The molecule has 1 heterocycles. The van der Waals surface area contributed by atoms with Crippen LogP contribution in [0.1, 0.15) is 6.92 Å². The normalized spacial score (nSPS) is 10.0. The first-order chi connectivity index (χ1) is 12.7. The van der Waals surface area contributed by atoms with E-state index in [2.05, 4.69) is 26.1 Å². The predicted octanol–water partition coefficient (Wildman–Crippen LogP) is 4.26. The van der Waals surface area contributed by atoms with Crippen LogP contribution in [0.3, 0.4) is 0 Å². The highest BCUT2D eigenvalue weighted by molar-refractivity contribution is 5.99. The summed E-state index contributed by atoms with van der Waals surface area (Å²) in [5, 5.41) is 16.6. The summed E-state index contributed by atoms with van der Waals surface area (Å²) in [6, 6.07) is 19.8. The SMILES string of the molecule is CCOc1ccccc1Nc1ccc(NC(=O)Nc2ccccc2)nn1. The van der Waals surface area contributed by atoms with Crippen LogP contribution in [0.2, 0.25) is 0 Å². The van der Waals surface area contributed by atoms with Gasteiger partial charge in [-0.15, -0.1) is 10.2 Å². The van der Waals surface area contributed by atoms with Crippen LogP contribution < -0.4 is 20.7 Å². The lowest BCUT2D eigenvalue weighted by molar-refractivity contribution is 0.262. The molecule has 0 aliphatic rings. The highest BCUT2D eigenvalue weighted by Crippen LogP contribution is 2.26. The Hall–Kier alpha value is -3.61. The van der Waals surface area contributed by atoms with Crippen molar-refractivity contribution in [2.75, 3.05) is 22.6 Å². The van der Waals surface area contributed by atoms with E-state index in [0.29, 0.717) is 23.9 Å². The Labute approximate surface area is 151 Å². The molecule has 0 spiro atoms. The van der Waals surface area contributed by atoms with E-state index in [4.69, 9.17) is 4.74 Å². The lowest BCUT2D eigenvalue weighted by atomic mass is 10.3. The van der Waals surface area contributed by atoms with Crippen molar-refractivity contribution in [3.05, 3.63) is 66.7 Å². The molecule has 7 nitrogen and oxygen atoms in total. The van der Waals surface area contributed by atoms with Crippen LogP contribution in [0.5, 0.6) is 5.75 Å². The summed E-state index contributed by atoms with van der Waals surface area (Å²) in [6.07, 6.45) is 0. The van der Waals surface area contributed by atoms with Crippen molar-refractivity contribution in [2.45, 2.75) is 6.92 Å². The van der Waals surface area contributed by atoms with E-state index in [1.165, 1.54) is 0 Å². The minimum absolute atomic E-state index is 0.349. The molecule has 132 valence electrons. The second kappa shape index (κ2) is 8.48. The van der Waals surface area contributed by atoms with Gasteiger partial charge in [0, 0.05) is 5.69 Å². The summed E-state index contributed by atoms with van der Waals surface area (Å²) < 4.78 is 5.57. The van der Waals surface area contributed by atoms with Crippen LogP contribution in [0.25, 0.3) is 0 Å². The van der Waals surface area contributed by atoms with Gasteiger partial charge in [0.25, 0.3) is 0 Å². The number of nitrogens with zero attached hydrogens (tertiary/aromatic N) is 2. The average molecular weight is 349 g/mol. The Kier molecular flexibility index (Phi) is 5.61. The third-order valence-electron chi connectivity index (χ3n) is 3.39. The Morgan fingerprint density at radius 2 is 1.58 bits per heavy atom. The van der Waals surface area contributed by atoms with Gasteiger partial charge in [-0.3, -0.25) is 5.32 Å². The first-order valence-corrected chi connectivity index (χ1v) is 8.20. The van der Waals surface area contributed by atoms with Crippen molar-refractivity contribution in [3.63, 3.8) is 0 Å². The third kappa shape index (κ3) is 4.70. The highest BCUT2D eigenvalue weighted by Gasteiger charge is 2.06. The molecule has 0 atom stereocenters. The molecule has 0 aliphatic carbocycles. The molecule has 2 amide bonds. The molecule has 0 saturated heterocycles. The number of carbonyl (C=O) groups excluding carboxylic acids is 1. The van der Waals surface area contributed by atoms with Crippen molar-refractivity contribution in [1.82, 2.24) is 10.2 Å². The van der Waals surface area contributed by atoms with E-state index in [1.54, 1.807) is 24.3 Å². The van der Waals surface area contributed by atoms with E-state index in [1.807, 2.05) is 49.4 Å². The topological polar surface area (TPSA) is 88.2 Å². The molecule has 0 aliphatic heterocycles. The Morgan fingerprint density at radius 3 is 2.31 bits per heavy atom. The van der Waals surface area contributed by atoms with Crippen LogP contribution in [-0.2, 0) is 0 Å². The number of nitrogens with one attached hydrogen (secondary N) is 3. The summed E-state index contributed by atoms with van der Waals surface area (Å²) in [5.41, 5.74) is 1.50. The fraction of sp³-hybridized carbons (Fsp3) is 0.105. The number of aromatic nitrogens is 2. The van der Waals surface area contributed by atoms with Gasteiger partial charge < -0.3 is 15.4 Å². The zero-order valence-corrected chi connectivity index (χ0v) is 14.3. The number of amides is 2. The maximum atomic E-state index is 12.0. The maximum absolute atomic E-state index is 12.0. The Bertz CT molecular complexity index is 853. The zero-order chi connectivity index (χ0) is 18.2. The molecule has 26 heavy (non-hydrogen) atoms. The van der Waals surface area contributed by atoms with Gasteiger partial charge in [-0.25, -0.2) is 4.79 Å². The molecular formula is C19H19N5O2. The summed E-state index contributed by atoms with van der Waals surface area (Å²) >= 11 is 0. The largest absolute Gasteiger partial charge is 0.492 e. The van der Waals surface area contributed by atoms with Crippen molar-refractivity contribution >= 4 is 29.0 Å². The van der Waals surface area contributed by atoms with Gasteiger partial charge in [0.2, 0.25) is 0 Å². The fourth-order valence-electron chi connectivity index (χ4n) is 2.26. The molecule has 7 heteroatoms. The first kappa shape index (κ1) is 17.2. The number of carbonyl (C=O) groups is 1. The van der Waals surface area contributed by atoms with Crippen LogP contribution in [0.4, 0.5) is 27.8 Å². The zero-order valence-electron chi connectivity index (χ0n) is 14.3. The van der Waals surface area contributed by atoms with E-state index in [9.17, 15) is 4.79 Å². The first-order valence-electron chi connectivity index (χ1n) is 8.20. The molecule has 3 N–H and O–H groups in total. The number of para-hydroxylation sites is 3. The predicted molar refractivity (Wildman–Crippen MR) is 102 cm³/mol. The summed E-state index contributed by atoms with van der Waals surface area (Å²) in [4.78, 5) is 12.0. The van der Waals surface area contributed by atoms with Gasteiger partial charge in [0.1, 0.15) is 5.75 Å². The number of benzene rings is 2. The van der Waals surface area contributed by atoms with E-state index in [0.717, 1.165) is 11.4 Å². The number of anilines is 4. The number of urea groups is 1. The monoisotopic (exact) mass is 349 g/mol. The van der Waals surface area contributed by atoms with Gasteiger partial charge in [-0.05, 0) is 43.3 Å². The van der Waals surface area contributed by atoms with Crippen molar-refractivity contribution < 1.29 is 9.53 Å². The second-order valence-corrected chi connectivity index (χ2v) is 5.30. The minimum Gasteiger partial charge on any atom is -0.492 e. The molecule has 0 unspecified atom stereocenters. The molecule has 3 aromatic rings. The van der Waals surface area contributed by atoms with E-state index >= 15 is 0 Å². The number of ether oxygens (including phenoxy) is 1. The molecule has 0 bridgehead atoms. The van der Waals surface area contributed by atoms with Gasteiger partial charge in [0.05, 0.1) is 12.3 Å². The molecule has 0 fully saturated rings.